The van der Waals surface area contributed by atoms with E-state index in [0.29, 0.717) is 16.6 Å². The number of likely N-dealkylation sites (tertiary alicyclic amines) is 1. The third kappa shape index (κ3) is 3.31. The summed E-state index contributed by atoms with van der Waals surface area (Å²) in [5.41, 5.74) is 3.96. The largest absolute Gasteiger partial charge is 0.507 e. The van der Waals surface area contributed by atoms with E-state index >= 15 is 0 Å². The molecule has 0 unspecified atom stereocenters. The molecule has 0 radical (unpaired) electrons. The zero-order valence-corrected chi connectivity index (χ0v) is 15.2. The lowest BCUT2D eigenvalue weighted by Gasteiger charge is -2.31. The van der Waals surface area contributed by atoms with Crippen LogP contribution in [0.15, 0.2) is 18.2 Å². The summed E-state index contributed by atoms with van der Waals surface area (Å²) in [7, 11) is 2.16. The number of phenolic OH excluding ortho intramolecular Hbond substituents is 1. The number of aromatic hydroxyl groups is 1. The Hall–Kier alpha value is -1.85. The molecular formula is C19H23ClN4O. The Morgan fingerprint density at radius 1 is 1.20 bits per heavy atom. The van der Waals surface area contributed by atoms with Gasteiger partial charge in [0.2, 0.25) is 0 Å². The molecular weight excluding hydrogens is 336 g/mol. The van der Waals surface area contributed by atoms with Crippen molar-refractivity contribution >= 4 is 17.4 Å². The Morgan fingerprint density at radius 3 is 2.84 bits per heavy atom. The fraction of sp³-hybridized carbons (Fsp3) is 0.474. The highest BCUT2D eigenvalue weighted by molar-refractivity contribution is 6.30. The zero-order valence-electron chi connectivity index (χ0n) is 14.4. The van der Waals surface area contributed by atoms with Gasteiger partial charge in [-0.2, -0.15) is 0 Å². The molecule has 0 saturated carbocycles. The molecule has 0 spiro atoms. The molecule has 25 heavy (non-hydrogen) atoms. The van der Waals surface area contributed by atoms with Crippen LogP contribution in [0.4, 0.5) is 5.82 Å². The smallest absolute Gasteiger partial charge is 0.152 e. The molecule has 4 rings (SSSR count). The Bertz CT molecular complexity index is 795. The molecule has 6 heteroatoms. The molecule has 132 valence electrons. The van der Waals surface area contributed by atoms with Crippen LogP contribution in [0.5, 0.6) is 5.75 Å². The van der Waals surface area contributed by atoms with Crippen molar-refractivity contribution in [2.24, 2.45) is 0 Å². The van der Waals surface area contributed by atoms with Gasteiger partial charge < -0.3 is 15.3 Å². The number of fused-ring (bicyclic) bond motifs is 1. The summed E-state index contributed by atoms with van der Waals surface area (Å²) in [6.45, 7) is 2.20. The van der Waals surface area contributed by atoms with Crippen molar-refractivity contribution in [3.8, 4) is 17.0 Å². The number of hydrogen-bond acceptors (Lipinski definition) is 5. The number of aromatic nitrogens is 2. The quantitative estimate of drug-likeness (QED) is 0.879. The molecule has 0 amide bonds. The molecule has 1 saturated heterocycles. The standard InChI is InChI=1S/C19H23ClN4O/c1-24-9-3-4-13(11-24)21-19-15-6-2-5-14(15)18(22-23-19)16-8-7-12(20)10-17(16)25/h7-8,10,13,25H,2-6,9,11H2,1H3,(H,21,23)/t13-/m1/s1. The first-order chi connectivity index (χ1) is 12.1. The molecule has 0 bridgehead atoms. The van der Waals surface area contributed by atoms with Gasteiger partial charge in [0.05, 0.1) is 0 Å². The minimum Gasteiger partial charge on any atom is -0.507 e. The number of halogens is 1. The molecule has 5 nitrogen and oxygen atoms in total. The van der Waals surface area contributed by atoms with Gasteiger partial charge in [0.15, 0.2) is 5.82 Å². The summed E-state index contributed by atoms with van der Waals surface area (Å²) in [6, 6.07) is 5.59. The van der Waals surface area contributed by atoms with E-state index in [-0.39, 0.29) is 5.75 Å². The second-order valence-electron chi connectivity index (χ2n) is 7.12. The average molecular weight is 359 g/mol. The minimum atomic E-state index is 0.158. The zero-order chi connectivity index (χ0) is 17.4. The van der Waals surface area contributed by atoms with Crippen molar-refractivity contribution in [3.05, 3.63) is 34.3 Å². The van der Waals surface area contributed by atoms with E-state index in [1.165, 1.54) is 24.0 Å². The van der Waals surface area contributed by atoms with Crippen LogP contribution in [0.1, 0.15) is 30.4 Å². The molecule has 2 heterocycles. The highest BCUT2D eigenvalue weighted by Crippen LogP contribution is 2.38. The number of nitrogens with one attached hydrogen (secondary N) is 1. The van der Waals surface area contributed by atoms with Crippen LogP contribution in [0.3, 0.4) is 0 Å². The second kappa shape index (κ2) is 6.81. The molecule has 1 atom stereocenters. The van der Waals surface area contributed by atoms with Gasteiger partial charge in [-0.25, -0.2) is 0 Å². The fourth-order valence-electron chi connectivity index (χ4n) is 4.00. The van der Waals surface area contributed by atoms with E-state index in [2.05, 4.69) is 27.5 Å². The van der Waals surface area contributed by atoms with Gasteiger partial charge in [-0.15, -0.1) is 10.2 Å². The summed E-state index contributed by atoms with van der Waals surface area (Å²) in [5.74, 6) is 1.08. The first-order valence-corrected chi connectivity index (χ1v) is 9.32. The van der Waals surface area contributed by atoms with Crippen LogP contribution in [-0.4, -0.2) is 46.4 Å². The van der Waals surface area contributed by atoms with Gasteiger partial charge in [-0.05, 0) is 69.5 Å². The summed E-state index contributed by atoms with van der Waals surface area (Å²) in [4.78, 5) is 2.36. The maximum Gasteiger partial charge on any atom is 0.152 e. The Labute approximate surface area is 153 Å². The van der Waals surface area contributed by atoms with E-state index in [0.717, 1.165) is 43.9 Å². The Kier molecular flexibility index (Phi) is 4.52. The van der Waals surface area contributed by atoms with Crippen LogP contribution >= 0.6 is 11.6 Å². The lowest BCUT2D eigenvalue weighted by molar-refractivity contribution is 0.260. The molecule has 1 aromatic carbocycles. The predicted molar refractivity (Wildman–Crippen MR) is 100 cm³/mol. The van der Waals surface area contributed by atoms with Crippen LogP contribution in [-0.2, 0) is 12.8 Å². The van der Waals surface area contributed by atoms with Gasteiger partial charge >= 0.3 is 0 Å². The first-order valence-electron chi connectivity index (χ1n) is 8.94. The molecule has 2 N–H and O–H groups in total. The van der Waals surface area contributed by atoms with Gasteiger partial charge in [0.25, 0.3) is 0 Å². The maximum atomic E-state index is 10.3. The number of phenols is 1. The molecule has 2 aromatic rings. The number of nitrogens with zero attached hydrogens (tertiary/aromatic N) is 3. The van der Waals surface area contributed by atoms with Gasteiger partial charge in [-0.1, -0.05) is 11.6 Å². The average Bonchev–Trinajstić information content (AvgIpc) is 3.06. The van der Waals surface area contributed by atoms with Gasteiger partial charge in [0, 0.05) is 28.7 Å². The maximum absolute atomic E-state index is 10.3. The molecule has 2 aliphatic rings. The number of anilines is 1. The minimum absolute atomic E-state index is 0.158. The van der Waals surface area contributed by atoms with Crippen molar-refractivity contribution in [1.29, 1.82) is 0 Å². The number of rotatable bonds is 3. The lowest BCUT2D eigenvalue weighted by atomic mass is 10.0. The van der Waals surface area contributed by atoms with E-state index in [4.69, 9.17) is 11.6 Å². The normalized spacial score (nSPS) is 20.5. The SMILES string of the molecule is CN1CCC[C@@H](Nc2nnc(-c3ccc(Cl)cc3O)c3c2CCC3)C1. The summed E-state index contributed by atoms with van der Waals surface area (Å²) in [6.07, 6.45) is 5.46. The Balaban J connectivity index is 1.67. The van der Waals surface area contributed by atoms with E-state index in [9.17, 15) is 5.11 Å². The van der Waals surface area contributed by atoms with E-state index in [1.54, 1.807) is 12.1 Å². The summed E-state index contributed by atoms with van der Waals surface area (Å²) < 4.78 is 0. The third-order valence-electron chi connectivity index (χ3n) is 5.22. The Morgan fingerprint density at radius 2 is 2.04 bits per heavy atom. The molecule has 1 aliphatic carbocycles. The summed E-state index contributed by atoms with van der Waals surface area (Å²) >= 11 is 5.96. The van der Waals surface area contributed by atoms with Gasteiger partial charge in [0.1, 0.15) is 11.4 Å². The van der Waals surface area contributed by atoms with Crippen LogP contribution in [0, 0.1) is 0 Å². The van der Waals surface area contributed by atoms with Gasteiger partial charge in [-0.3, -0.25) is 0 Å². The highest BCUT2D eigenvalue weighted by atomic mass is 35.5. The van der Waals surface area contributed by atoms with Crippen molar-refractivity contribution in [3.63, 3.8) is 0 Å². The third-order valence-corrected chi connectivity index (χ3v) is 5.45. The molecule has 1 aromatic heterocycles. The lowest BCUT2D eigenvalue weighted by Crippen LogP contribution is -2.40. The summed E-state index contributed by atoms with van der Waals surface area (Å²) in [5, 5.41) is 23.3. The number of likely N-dealkylation sites (N-methyl/N-ethyl adjacent to an activating group) is 1. The van der Waals surface area contributed by atoms with Crippen LogP contribution in [0.25, 0.3) is 11.3 Å². The van der Waals surface area contributed by atoms with Crippen molar-refractivity contribution < 1.29 is 5.11 Å². The van der Waals surface area contributed by atoms with Crippen molar-refractivity contribution in [1.82, 2.24) is 15.1 Å². The second-order valence-corrected chi connectivity index (χ2v) is 7.55. The van der Waals surface area contributed by atoms with Crippen LogP contribution in [0.2, 0.25) is 5.02 Å². The molecule has 1 fully saturated rings. The van der Waals surface area contributed by atoms with Crippen molar-refractivity contribution in [2.75, 3.05) is 25.5 Å². The van der Waals surface area contributed by atoms with Crippen molar-refractivity contribution in [2.45, 2.75) is 38.1 Å². The fourth-order valence-corrected chi connectivity index (χ4v) is 4.17. The number of piperidine rings is 1. The molecule has 1 aliphatic heterocycles. The monoisotopic (exact) mass is 358 g/mol. The van der Waals surface area contributed by atoms with Crippen LogP contribution < -0.4 is 5.32 Å². The van der Waals surface area contributed by atoms with E-state index in [1.807, 2.05) is 6.07 Å². The first kappa shape index (κ1) is 16.6. The number of benzene rings is 1. The highest BCUT2D eigenvalue weighted by Gasteiger charge is 2.25. The number of hydrogen-bond donors (Lipinski definition) is 2. The van der Waals surface area contributed by atoms with E-state index < -0.39 is 0 Å². The predicted octanol–water partition coefficient (Wildman–Crippen LogP) is 3.50. The topological polar surface area (TPSA) is 61.3 Å².